The Labute approximate surface area is 199 Å². The van der Waals surface area contributed by atoms with Crippen molar-refractivity contribution in [2.24, 2.45) is 4.99 Å². The fraction of sp³-hybridized carbons (Fsp3) is 0.476. The fourth-order valence-corrected chi connectivity index (χ4v) is 4.00. The Morgan fingerprint density at radius 2 is 2.17 bits per heavy atom. The lowest BCUT2D eigenvalue weighted by Gasteiger charge is -2.25. The number of aliphatic imine (C=N–C) groups is 1. The van der Waals surface area contributed by atoms with Crippen molar-refractivity contribution in [3.05, 3.63) is 47.3 Å². The van der Waals surface area contributed by atoms with Gasteiger partial charge in [0.05, 0.1) is 6.54 Å². The van der Waals surface area contributed by atoms with Crippen molar-refractivity contribution in [2.45, 2.75) is 25.8 Å². The van der Waals surface area contributed by atoms with Crippen LogP contribution in [0, 0.1) is 0 Å². The Morgan fingerprint density at radius 3 is 2.93 bits per heavy atom. The first kappa shape index (κ1) is 23.0. The summed E-state index contributed by atoms with van der Waals surface area (Å²) < 4.78 is 5.39. The summed E-state index contributed by atoms with van der Waals surface area (Å²) in [4.78, 5) is 14.2. The molecule has 30 heavy (non-hydrogen) atoms. The van der Waals surface area contributed by atoms with Gasteiger partial charge in [-0.1, -0.05) is 41.0 Å². The quantitative estimate of drug-likeness (QED) is 0.261. The third-order valence-electron chi connectivity index (χ3n) is 5.30. The van der Waals surface area contributed by atoms with E-state index in [1.165, 1.54) is 6.42 Å². The van der Waals surface area contributed by atoms with E-state index in [1.807, 2.05) is 24.3 Å². The standard InChI is InChI=1S/C21H27ClN6O.HI/c1-2-23-21(28-13-9-18(15-28)27-11-3-4-12-27)24-10-8-19-25-20(26-29-19)16-6-5-7-17(22)14-16;/h3-7,14,18H,2,8-13,15H2,1H3,(H,23,24);1H. The van der Waals surface area contributed by atoms with Crippen LogP contribution in [-0.4, -0.2) is 71.2 Å². The van der Waals surface area contributed by atoms with Gasteiger partial charge in [-0.3, -0.25) is 9.89 Å². The molecule has 0 aliphatic carbocycles. The van der Waals surface area contributed by atoms with Crippen molar-refractivity contribution in [2.75, 3.05) is 39.3 Å². The van der Waals surface area contributed by atoms with Crippen LogP contribution in [-0.2, 0) is 6.42 Å². The lowest BCUT2D eigenvalue weighted by Crippen LogP contribution is -2.43. The minimum atomic E-state index is 0. The fourth-order valence-electron chi connectivity index (χ4n) is 3.81. The number of nitrogens with zero attached hydrogens (tertiary/aromatic N) is 5. The number of benzene rings is 1. The number of nitrogens with one attached hydrogen (secondary N) is 1. The summed E-state index contributed by atoms with van der Waals surface area (Å²) in [6, 6.07) is 8.05. The van der Waals surface area contributed by atoms with Gasteiger partial charge in [-0.2, -0.15) is 4.98 Å². The molecule has 0 saturated carbocycles. The summed E-state index contributed by atoms with van der Waals surface area (Å²) in [5.74, 6) is 2.11. The molecular formula is C21H28ClIN6O. The van der Waals surface area contributed by atoms with Crippen LogP contribution in [0.25, 0.3) is 11.4 Å². The molecular weight excluding hydrogens is 515 g/mol. The molecule has 1 aromatic heterocycles. The Hall–Kier alpha value is -1.65. The summed E-state index contributed by atoms with van der Waals surface area (Å²) in [7, 11) is 0. The maximum Gasteiger partial charge on any atom is 0.228 e. The Balaban J connectivity index is 0.00000256. The van der Waals surface area contributed by atoms with Crippen LogP contribution in [0.2, 0.25) is 5.02 Å². The molecule has 7 nitrogen and oxygen atoms in total. The molecule has 0 radical (unpaired) electrons. The van der Waals surface area contributed by atoms with Gasteiger partial charge in [0.2, 0.25) is 11.7 Å². The van der Waals surface area contributed by atoms with Crippen LogP contribution in [0.5, 0.6) is 0 Å². The van der Waals surface area contributed by atoms with Gasteiger partial charge in [0.25, 0.3) is 0 Å². The summed E-state index contributed by atoms with van der Waals surface area (Å²) in [5, 5.41) is 8.14. The lowest BCUT2D eigenvalue weighted by molar-refractivity contribution is 0.259. The summed E-state index contributed by atoms with van der Waals surface area (Å²) in [5.41, 5.74) is 0.851. The Morgan fingerprint density at radius 1 is 1.33 bits per heavy atom. The highest BCUT2D eigenvalue weighted by atomic mass is 127. The molecule has 4 rings (SSSR count). The van der Waals surface area contributed by atoms with Crippen LogP contribution in [0.3, 0.4) is 0 Å². The number of hydrogen-bond donors (Lipinski definition) is 1. The van der Waals surface area contributed by atoms with E-state index in [9.17, 15) is 0 Å². The number of hydrogen-bond acceptors (Lipinski definition) is 5. The van der Waals surface area contributed by atoms with Crippen molar-refractivity contribution in [1.82, 2.24) is 25.3 Å². The first-order valence-electron chi connectivity index (χ1n) is 10.2. The van der Waals surface area contributed by atoms with Crippen molar-refractivity contribution in [3.63, 3.8) is 0 Å². The van der Waals surface area contributed by atoms with Crippen molar-refractivity contribution < 1.29 is 4.52 Å². The molecule has 9 heteroatoms. The maximum atomic E-state index is 6.04. The van der Waals surface area contributed by atoms with Crippen molar-refractivity contribution in [3.8, 4) is 11.4 Å². The topological polar surface area (TPSA) is 69.8 Å². The molecule has 1 N–H and O–H groups in total. The van der Waals surface area contributed by atoms with Crippen LogP contribution in [0.1, 0.15) is 19.2 Å². The van der Waals surface area contributed by atoms with E-state index in [2.05, 4.69) is 44.3 Å². The van der Waals surface area contributed by atoms with Gasteiger partial charge in [0.1, 0.15) is 0 Å². The first-order valence-corrected chi connectivity index (χ1v) is 10.6. The average molecular weight is 543 g/mol. The van der Waals surface area contributed by atoms with E-state index in [1.54, 1.807) is 0 Å². The molecule has 1 saturated heterocycles. The van der Waals surface area contributed by atoms with Crippen molar-refractivity contribution >= 4 is 41.5 Å². The SMILES string of the molecule is CCNC(=NCCc1nc(-c2cccc(Cl)c2)no1)N1CCC(N2CC=CC2)C1.I. The van der Waals surface area contributed by atoms with Crippen LogP contribution in [0.15, 0.2) is 45.9 Å². The number of likely N-dealkylation sites (tertiary alicyclic amines) is 1. The third kappa shape index (κ3) is 5.73. The van der Waals surface area contributed by atoms with E-state index in [0.29, 0.717) is 35.7 Å². The smallest absolute Gasteiger partial charge is 0.228 e. The van der Waals surface area contributed by atoms with Gasteiger partial charge in [-0.15, -0.1) is 24.0 Å². The number of guanidine groups is 1. The molecule has 0 amide bonds. The second-order valence-corrected chi connectivity index (χ2v) is 7.76. The molecule has 3 heterocycles. The molecule has 2 aliphatic heterocycles. The number of rotatable bonds is 6. The molecule has 1 unspecified atom stereocenters. The molecule has 0 spiro atoms. The second kappa shape index (κ2) is 11.1. The molecule has 1 atom stereocenters. The molecule has 2 aliphatic rings. The zero-order valence-electron chi connectivity index (χ0n) is 17.1. The van der Waals surface area contributed by atoms with Crippen molar-refractivity contribution in [1.29, 1.82) is 0 Å². The van der Waals surface area contributed by atoms with Gasteiger partial charge < -0.3 is 14.7 Å². The number of halogens is 2. The number of aromatic nitrogens is 2. The zero-order chi connectivity index (χ0) is 20.1. The molecule has 2 aromatic rings. The largest absolute Gasteiger partial charge is 0.357 e. The van der Waals surface area contributed by atoms with Gasteiger partial charge in [-0.05, 0) is 25.5 Å². The van der Waals surface area contributed by atoms with Crippen LogP contribution < -0.4 is 5.32 Å². The van der Waals surface area contributed by atoms with E-state index in [4.69, 9.17) is 21.1 Å². The van der Waals surface area contributed by atoms with Crippen LogP contribution in [0.4, 0.5) is 0 Å². The molecule has 162 valence electrons. The van der Waals surface area contributed by atoms with Gasteiger partial charge in [0.15, 0.2) is 5.96 Å². The Kier molecular flexibility index (Phi) is 8.52. The first-order chi connectivity index (χ1) is 14.2. The third-order valence-corrected chi connectivity index (χ3v) is 5.53. The molecule has 1 fully saturated rings. The highest BCUT2D eigenvalue weighted by Gasteiger charge is 2.29. The highest BCUT2D eigenvalue weighted by Crippen LogP contribution is 2.20. The molecule has 0 bridgehead atoms. The second-order valence-electron chi connectivity index (χ2n) is 7.32. The summed E-state index contributed by atoms with van der Waals surface area (Å²) in [6.07, 6.45) is 6.29. The maximum absolute atomic E-state index is 6.04. The monoisotopic (exact) mass is 542 g/mol. The summed E-state index contributed by atoms with van der Waals surface area (Å²) >= 11 is 6.04. The summed E-state index contributed by atoms with van der Waals surface area (Å²) in [6.45, 7) is 7.75. The highest BCUT2D eigenvalue weighted by molar-refractivity contribution is 14.0. The molecule has 1 aromatic carbocycles. The predicted octanol–water partition coefficient (Wildman–Crippen LogP) is 3.46. The van der Waals surface area contributed by atoms with Gasteiger partial charge in [0, 0.05) is 55.8 Å². The zero-order valence-corrected chi connectivity index (χ0v) is 20.2. The minimum absolute atomic E-state index is 0. The van der Waals surface area contributed by atoms with E-state index < -0.39 is 0 Å². The average Bonchev–Trinajstić information content (AvgIpc) is 3.48. The van der Waals surface area contributed by atoms with Gasteiger partial charge >= 0.3 is 0 Å². The van der Waals surface area contributed by atoms with E-state index in [-0.39, 0.29) is 24.0 Å². The lowest BCUT2D eigenvalue weighted by atomic mass is 10.2. The van der Waals surface area contributed by atoms with Crippen LogP contribution >= 0.6 is 35.6 Å². The normalized spacial score (nSPS) is 19.3. The van der Waals surface area contributed by atoms with E-state index in [0.717, 1.165) is 44.2 Å². The Bertz CT molecular complexity index is 878. The predicted molar refractivity (Wildman–Crippen MR) is 131 cm³/mol. The van der Waals surface area contributed by atoms with E-state index >= 15 is 0 Å². The van der Waals surface area contributed by atoms with Gasteiger partial charge in [-0.25, -0.2) is 0 Å². The minimum Gasteiger partial charge on any atom is -0.357 e.